The van der Waals surface area contributed by atoms with Crippen molar-refractivity contribution in [2.75, 3.05) is 6.61 Å². The van der Waals surface area contributed by atoms with E-state index in [4.69, 9.17) is 9.84 Å². The molecule has 1 heterocycles. The summed E-state index contributed by atoms with van der Waals surface area (Å²) in [6, 6.07) is 0. The standard InChI is InChI=1S/C8H10N2O3/c1-5-6(2)9-4-10-8(5)13-3-7(11)12/h4H,3H2,1-2H3,(H,11,12). The molecule has 0 unspecified atom stereocenters. The number of aromatic nitrogens is 2. The Balaban J connectivity index is 2.77. The van der Waals surface area contributed by atoms with Gasteiger partial charge in [0.05, 0.1) is 0 Å². The van der Waals surface area contributed by atoms with Crippen molar-refractivity contribution in [2.45, 2.75) is 13.8 Å². The van der Waals surface area contributed by atoms with Crippen LogP contribution in [-0.2, 0) is 4.79 Å². The molecule has 0 aliphatic rings. The number of carbonyl (C=O) groups is 1. The number of rotatable bonds is 3. The fourth-order valence-corrected chi connectivity index (χ4v) is 0.792. The van der Waals surface area contributed by atoms with Crippen LogP contribution in [0.15, 0.2) is 6.33 Å². The molecular weight excluding hydrogens is 172 g/mol. The highest BCUT2D eigenvalue weighted by atomic mass is 16.5. The summed E-state index contributed by atoms with van der Waals surface area (Å²) in [5, 5.41) is 8.37. The lowest BCUT2D eigenvalue weighted by Crippen LogP contribution is -2.11. The highest BCUT2D eigenvalue weighted by Gasteiger charge is 2.05. The monoisotopic (exact) mass is 182 g/mol. The van der Waals surface area contributed by atoms with Crippen LogP contribution >= 0.6 is 0 Å². The number of aliphatic carboxylic acids is 1. The lowest BCUT2D eigenvalue weighted by molar-refractivity contribution is -0.139. The predicted molar refractivity (Wildman–Crippen MR) is 44.6 cm³/mol. The van der Waals surface area contributed by atoms with E-state index in [0.29, 0.717) is 5.88 Å². The highest BCUT2D eigenvalue weighted by Crippen LogP contribution is 2.14. The SMILES string of the molecule is Cc1ncnc(OCC(=O)O)c1C. The van der Waals surface area contributed by atoms with Crippen LogP contribution in [0.1, 0.15) is 11.3 Å². The van der Waals surface area contributed by atoms with Gasteiger partial charge in [-0.2, -0.15) is 0 Å². The van der Waals surface area contributed by atoms with Gasteiger partial charge in [0, 0.05) is 11.3 Å². The second-order valence-corrected chi connectivity index (χ2v) is 2.57. The van der Waals surface area contributed by atoms with Crippen molar-refractivity contribution in [3.63, 3.8) is 0 Å². The molecule has 13 heavy (non-hydrogen) atoms. The maximum atomic E-state index is 10.2. The van der Waals surface area contributed by atoms with Gasteiger partial charge in [-0.25, -0.2) is 14.8 Å². The number of hydrogen-bond acceptors (Lipinski definition) is 4. The van der Waals surface area contributed by atoms with Gasteiger partial charge >= 0.3 is 5.97 Å². The van der Waals surface area contributed by atoms with Crippen LogP contribution in [0, 0.1) is 13.8 Å². The second-order valence-electron chi connectivity index (χ2n) is 2.57. The molecule has 0 atom stereocenters. The van der Waals surface area contributed by atoms with E-state index in [2.05, 4.69) is 9.97 Å². The van der Waals surface area contributed by atoms with Crippen LogP contribution in [0.2, 0.25) is 0 Å². The van der Waals surface area contributed by atoms with Gasteiger partial charge in [-0.15, -0.1) is 0 Å². The molecule has 1 rings (SSSR count). The molecule has 0 aromatic carbocycles. The van der Waals surface area contributed by atoms with E-state index in [0.717, 1.165) is 11.3 Å². The number of carboxylic acids is 1. The number of ether oxygens (including phenoxy) is 1. The Morgan fingerprint density at radius 2 is 2.23 bits per heavy atom. The Hall–Kier alpha value is -1.65. The molecule has 70 valence electrons. The third-order valence-corrected chi connectivity index (χ3v) is 1.62. The first kappa shape index (κ1) is 9.44. The van der Waals surface area contributed by atoms with Gasteiger partial charge in [-0.3, -0.25) is 0 Å². The molecule has 5 heteroatoms. The summed E-state index contributed by atoms with van der Waals surface area (Å²) < 4.78 is 4.93. The Morgan fingerprint density at radius 3 is 2.85 bits per heavy atom. The first-order valence-electron chi connectivity index (χ1n) is 3.74. The fourth-order valence-electron chi connectivity index (χ4n) is 0.792. The molecule has 1 N–H and O–H groups in total. The van der Waals surface area contributed by atoms with E-state index in [1.807, 2.05) is 6.92 Å². The van der Waals surface area contributed by atoms with E-state index < -0.39 is 5.97 Å². The van der Waals surface area contributed by atoms with E-state index in [9.17, 15) is 4.79 Å². The van der Waals surface area contributed by atoms with E-state index in [1.54, 1.807) is 6.92 Å². The smallest absolute Gasteiger partial charge is 0.341 e. The van der Waals surface area contributed by atoms with Crippen molar-refractivity contribution in [3.05, 3.63) is 17.6 Å². The maximum absolute atomic E-state index is 10.2. The molecule has 1 aromatic rings. The first-order valence-corrected chi connectivity index (χ1v) is 3.74. The lowest BCUT2D eigenvalue weighted by atomic mass is 10.3. The number of carboxylic acid groups (broad SMARTS) is 1. The summed E-state index contributed by atoms with van der Waals surface area (Å²) in [6.07, 6.45) is 1.35. The number of hydrogen-bond donors (Lipinski definition) is 1. The van der Waals surface area contributed by atoms with Crippen molar-refractivity contribution in [1.82, 2.24) is 9.97 Å². The summed E-state index contributed by atoms with van der Waals surface area (Å²) >= 11 is 0. The summed E-state index contributed by atoms with van der Waals surface area (Å²) in [4.78, 5) is 17.9. The Bertz CT molecular complexity index is 325. The van der Waals surface area contributed by atoms with Crippen LogP contribution in [0.5, 0.6) is 5.88 Å². The van der Waals surface area contributed by atoms with Gasteiger partial charge in [0.1, 0.15) is 6.33 Å². The molecule has 0 fully saturated rings. The van der Waals surface area contributed by atoms with Crippen molar-refractivity contribution in [1.29, 1.82) is 0 Å². The van der Waals surface area contributed by atoms with Gasteiger partial charge < -0.3 is 9.84 Å². The predicted octanol–water partition coefficient (Wildman–Crippen LogP) is 0.557. The van der Waals surface area contributed by atoms with Gasteiger partial charge in [0.15, 0.2) is 6.61 Å². The Labute approximate surface area is 75.4 Å². The van der Waals surface area contributed by atoms with Crippen molar-refractivity contribution >= 4 is 5.97 Å². The number of aryl methyl sites for hydroxylation is 1. The third-order valence-electron chi connectivity index (χ3n) is 1.62. The third kappa shape index (κ3) is 2.40. The first-order chi connectivity index (χ1) is 6.11. The van der Waals surface area contributed by atoms with Gasteiger partial charge in [-0.05, 0) is 13.8 Å². The molecule has 0 saturated carbocycles. The largest absolute Gasteiger partial charge is 0.479 e. The average molecular weight is 182 g/mol. The summed E-state index contributed by atoms with van der Waals surface area (Å²) in [5.41, 5.74) is 1.55. The molecule has 0 aliphatic heterocycles. The Morgan fingerprint density at radius 1 is 1.54 bits per heavy atom. The molecule has 0 saturated heterocycles. The summed E-state index contributed by atoms with van der Waals surface area (Å²) in [7, 11) is 0. The molecule has 1 aromatic heterocycles. The van der Waals surface area contributed by atoms with Crippen molar-refractivity contribution in [2.24, 2.45) is 0 Å². The second kappa shape index (κ2) is 3.84. The number of nitrogens with zero attached hydrogens (tertiary/aromatic N) is 2. The van der Waals surface area contributed by atoms with Crippen LogP contribution in [0.3, 0.4) is 0 Å². The van der Waals surface area contributed by atoms with Gasteiger partial charge in [0.2, 0.25) is 5.88 Å². The van der Waals surface area contributed by atoms with Crippen LogP contribution in [-0.4, -0.2) is 27.7 Å². The van der Waals surface area contributed by atoms with E-state index in [-0.39, 0.29) is 6.61 Å². The quantitative estimate of drug-likeness (QED) is 0.739. The minimum Gasteiger partial charge on any atom is -0.479 e. The fraction of sp³-hybridized carbons (Fsp3) is 0.375. The average Bonchev–Trinajstić information content (AvgIpc) is 2.07. The molecular formula is C8H10N2O3. The molecule has 5 nitrogen and oxygen atoms in total. The van der Waals surface area contributed by atoms with Crippen molar-refractivity contribution in [3.8, 4) is 5.88 Å². The van der Waals surface area contributed by atoms with E-state index >= 15 is 0 Å². The Kier molecular flexibility index (Phi) is 2.79. The molecule has 0 amide bonds. The molecule has 0 radical (unpaired) electrons. The van der Waals surface area contributed by atoms with Crippen molar-refractivity contribution < 1.29 is 14.6 Å². The maximum Gasteiger partial charge on any atom is 0.341 e. The lowest BCUT2D eigenvalue weighted by Gasteiger charge is -2.05. The zero-order chi connectivity index (χ0) is 9.84. The minimum absolute atomic E-state index is 0.329. The van der Waals surface area contributed by atoms with Gasteiger partial charge in [0.25, 0.3) is 0 Å². The van der Waals surface area contributed by atoms with Gasteiger partial charge in [-0.1, -0.05) is 0 Å². The summed E-state index contributed by atoms with van der Waals surface area (Å²) in [5.74, 6) is -0.689. The van der Waals surface area contributed by atoms with Crippen LogP contribution < -0.4 is 4.74 Å². The molecule has 0 bridgehead atoms. The van der Waals surface area contributed by atoms with E-state index in [1.165, 1.54) is 6.33 Å². The molecule has 0 spiro atoms. The topological polar surface area (TPSA) is 72.3 Å². The highest BCUT2D eigenvalue weighted by molar-refractivity contribution is 5.68. The minimum atomic E-state index is -1.02. The van der Waals surface area contributed by atoms with Crippen LogP contribution in [0.4, 0.5) is 0 Å². The summed E-state index contributed by atoms with van der Waals surface area (Å²) in [6.45, 7) is 3.22. The molecule has 0 aliphatic carbocycles. The normalized spacial score (nSPS) is 9.69. The zero-order valence-electron chi connectivity index (χ0n) is 7.44. The zero-order valence-corrected chi connectivity index (χ0v) is 7.44. The van der Waals surface area contributed by atoms with Crippen LogP contribution in [0.25, 0.3) is 0 Å².